The Morgan fingerprint density at radius 2 is 1.42 bits per heavy atom. The fraction of sp³-hybridized carbons (Fsp3) is 1.00. The van der Waals surface area contributed by atoms with Gasteiger partial charge in [0.25, 0.3) is 0 Å². The van der Waals surface area contributed by atoms with E-state index in [1.54, 1.807) is 0 Å². The fourth-order valence-corrected chi connectivity index (χ4v) is 13.3. The van der Waals surface area contributed by atoms with Crippen LogP contribution in [0.1, 0.15) is 20.8 Å². The van der Waals surface area contributed by atoms with Crippen LogP contribution in [0.3, 0.4) is 0 Å². The van der Waals surface area contributed by atoms with E-state index in [-0.39, 0.29) is 0 Å². The van der Waals surface area contributed by atoms with Gasteiger partial charge in [0.2, 0.25) is 0 Å². The van der Waals surface area contributed by atoms with Gasteiger partial charge in [-0.2, -0.15) is 0 Å². The molecule has 2 nitrogen and oxygen atoms in total. The van der Waals surface area contributed by atoms with Gasteiger partial charge in [-0.3, -0.25) is 0 Å². The van der Waals surface area contributed by atoms with Crippen molar-refractivity contribution in [3.63, 3.8) is 0 Å². The molecule has 72 valence electrons. The van der Waals surface area contributed by atoms with Crippen LogP contribution in [0.2, 0.25) is 9.38 Å². The van der Waals surface area contributed by atoms with Crippen molar-refractivity contribution in [1.29, 1.82) is 0 Å². The fourth-order valence-electron chi connectivity index (χ4n) is 2.37. The first-order valence-electron chi connectivity index (χ1n) is 5.19. The molecule has 0 amide bonds. The Bertz CT molecular complexity index is 137. The van der Waals surface area contributed by atoms with E-state index in [9.17, 15) is 0 Å². The van der Waals surface area contributed by atoms with E-state index >= 15 is 0 Å². The van der Waals surface area contributed by atoms with E-state index in [2.05, 4.69) is 32.0 Å². The van der Waals surface area contributed by atoms with Crippen molar-refractivity contribution in [2.45, 2.75) is 30.1 Å². The van der Waals surface area contributed by atoms with Gasteiger partial charge < -0.3 is 0 Å². The van der Waals surface area contributed by atoms with E-state index in [1.165, 1.54) is 30.6 Å². The number of nitrogens with zero attached hydrogens (tertiary/aromatic N) is 2. The molecule has 1 aliphatic heterocycles. The van der Waals surface area contributed by atoms with Gasteiger partial charge in [-0.25, -0.2) is 0 Å². The summed E-state index contributed by atoms with van der Waals surface area (Å²) in [6.07, 6.45) is 0. The van der Waals surface area contributed by atoms with Gasteiger partial charge >= 0.3 is 81.5 Å². The molecule has 1 rings (SSSR count). The Hall–Kier alpha value is 0.719. The molecule has 0 aromatic heterocycles. The van der Waals surface area contributed by atoms with Gasteiger partial charge in [0.05, 0.1) is 0 Å². The standard InChI is InChI=1S/C6H14N2.C2H5.CH3.Sn/c1-3-7-5-6-8-4-2;1-2;;/h3-6H2,1-2H3;1H2,2H3;1H3;/q-2;;;+2. The van der Waals surface area contributed by atoms with Gasteiger partial charge in [-0.05, 0) is 0 Å². The van der Waals surface area contributed by atoms with Gasteiger partial charge in [-0.1, -0.05) is 0 Å². The molecule has 3 heteroatoms. The molecule has 1 fully saturated rings. The molecule has 12 heavy (non-hydrogen) atoms. The summed E-state index contributed by atoms with van der Waals surface area (Å²) in [5.41, 5.74) is 0. The van der Waals surface area contributed by atoms with Gasteiger partial charge in [0, 0.05) is 0 Å². The van der Waals surface area contributed by atoms with Gasteiger partial charge in [0.15, 0.2) is 0 Å². The Kier molecular flexibility index (Phi) is 3.86. The zero-order chi connectivity index (χ0) is 9.19. The van der Waals surface area contributed by atoms with Crippen LogP contribution in [-0.2, 0) is 0 Å². The molecule has 0 saturated carbocycles. The van der Waals surface area contributed by atoms with Crippen LogP contribution < -0.4 is 0 Å². The second kappa shape index (κ2) is 4.29. The zero-order valence-electron chi connectivity index (χ0n) is 8.93. The van der Waals surface area contributed by atoms with Crippen LogP contribution in [0.5, 0.6) is 0 Å². The van der Waals surface area contributed by atoms with Crippen LogP contribution in [0.25, 0.3) is 0 Å². The molecule has 0 N–H and O–H groups in total. The van der Waals surface area contributed by atoms with E-state index in [4.69, 9.17) is 0 Å². The molecule has 1 saturated heterocycles. The number of rotatable bonds is 3. The first-order valence-corrected chi connectivity index (χ1v) is 12.6. The van der Waals surface area contributed by atoms with Crippen molar-refractivity contribution in [2.24, 2.45) is 0 Å². The quantitative estimate of drug-likeness (QED) is 0.725. The maximum absolute atomic E-state index is 2.79. The molecular weight excluding hydrogens is 255 g/mol. The monoisotopic (exact) mass is 278 g/mol. The van der Waals surface area contributed by atoms with Crippen LogP contribution >= 0.6 is 0 Å². The summed E-state index contributed by atoms with van der Waals surface area (Å²) in [7, 11) is 0. The van der Waals surface area contributed by atoms with E-state index in [0.717, 1.165) is 0 Å². The minimum absolute atomic E-state index is 1.27. The Balaban J connectivity index is 2.72. The van der Waals surface area contributed by atoms with Crippen molar-refractivity contribution in [3.8, 4) is 0 Å². The van der Waals surface area contributed by atoms with Crippen molar-refractivity contribution < 1.29 is 0 Å². The van der Waals surface area contributed by atoms with Gasteiger partial charge in [0.1, 0.15) is 0 Å². The summed E-state index contributed by atoms with van der Waals surface area (Å²) in [6.45, 7) is 12.2. The number of likely N-dealkylation sites (N-methyl/N-ethyl adjacent to an activating group) is 2. The molecule has 0 radical (unpaired) electrons. The Morgan fingerprint density at radius 1 is 1.00 bits per heavy atom. The summed E-state index contributed by atoms with van der Waals surface area (Å²) >= 11 is -1.91. The average molecular weight is 277 g/mol. The topological polar surface area (TPSA) is 6.48 Å². The molecule has 0 aliphatic carbocycles. The average Bonchev–Trinajstić information content (AvgIpc) is 2.42. The molecular formula is C9H22N2Sn. The predicted octanol–water partition coefficient (Wildman–Crippen LogP) is 1.74. The number of hydrogen-bond donors (Lipinski definition) is 0. The Morgan fingerprint density at radius 3 is 1.67 bits per heavy atom. The van der Waals surface area contributed by atoms with Crippen molar-refractivity contribution in [1.82, 2.24) is 6.24 Å². The maximum atomic E-state index is 2.79. The summed E-state index contributed by atoms with van der Waals surface area (Å²) < 4.78 is 7.02. The second-order valence-corrected chi connectivity index (χ2v) is 16.3. The Labute approximate surface area is 81.5 Å². The van der Waals surface area contributed by atoms with Gasteiger partial charge in [-0.15, -0.1) is 0 Å². The molecule has 0 unspecified atom stereocenters. The molecule has 1 heterocycles. The van der Waals surface area contributed by atoms with Crippen molar-refractivity contribution >= 4 is 18.9 Å². The summed E-state index contributed by atoms with van der Waals surface area (Å²) in [5, 5.41) is 0. The first-order chi connectivity index (χ1) is 5.69. The normalized spacial score (nSPS) is 25.0. The van der Waals surface area contributed by atoms with E-state index in [0.29, 0.717) is 0 Å². The summed E-state index contributed by atoms with van der Waals surface area (Å²) in [5.74, 6) is 0. The third kappa shape index (κ3) is 1.66. The SMILES string of the molecule is CC[N]1CC[N](CC)[Sn]1([CH3])[CH2]C. The van der Waals surface area contributed by atoms with E-state index in [1.807, 2.05) is 0 Å². The van der Waals surface area contributed by atoms with Crippen LogP contribution in [0, 0.1) is 0 Å². The molecule has 0 aromatic carbocycles. The first kappa shape index (κ1) is 10.8. The molecule has 0 spiro atoms. The molecule has 0 aromatic rings. The van der Waals surface area contributed by atoms with Crippen molar-refractivity contribution in [3.05, 3.63) is 0 Å². The molecule has 0 atom stereocenters. The zero-order valence-corrected chi connectivity index (χ0v) is 11.8. The predicted molar refractivity (Wildman–Crippen MR) is 56.6 cm³/mol. The third-order valence-electron chi connectivity index (χ3n) is 3.44. The van der Waals surface area contributed by atoms with Crippen LogP contribution in [0.15, 0.2) is 0 Å². The van der Waals surface area contributed by atoms with Crippen molar-refractivity contribution in [2.75, 3.05) is 26.2 Å². The third-order valence-corrected chi connectivity index (χ3v) is 18.1. The summed E-state index contributed by atoms with van der Waals surface area (Å²) in [4.78, 5) is 2.58. The summed E-state index contributed by atoms with van der Waals surface area (Å²) in [6, 6.07) is 0. The van der Waals surface area contributed by atoms with Crippen LogP contribution in [-0.4, -0.2) is 51.3 Å². The van der Waals surface area contributed by atoms with E-state index < -0.39 is 18.9 Å². The van der Waals surface area contributed by atoms with Crippen LogP contribution in [0.4, 0.5) is 0 Å². The minimum atomic E-state index is -1.91. The molecule has 1 aliphatic rings. The molecule has 0 bridgehead atoms. The second-order valence-electron chi connectivity index (χ2n) is 3.73. The number of hydrogen-bond acceptors (Lipinski definition) is 2.